The summed E-state index contributed by atoms with van der Waals surface area (Å²) in [4.78, 5) is 20.6. The first kappa shape index (κ1) is 18.3. The molecule has 6 nitrogen and oxygen atoms in total. The Balaban J connectivity index is 1.50. The van der Waals surface area contributed by atoms with Gasteiger partial charge in [0.1, 0.15) is 22.9 Å². The third-order valence-electron chi connectivity index (χ3n) is 5.25. The Hall–Kier alpha value is -3.71. The zero-order chi connectivity index (χ0) is 20.7. The van der Waals surface area contributed by atoms with Crippen LogP contribution < -0.4 is 15.4 Å². The highest BCUT2D eigenvalue weighted by molar-refractivity contribution is 6.11. The van der Waals surface area contributed by atoms with Gasteiger partial charge >= 0.3 is 0 Å². The fraction of sp³-hybridized carbons (Fsp3) is 0.130. The zero-order valence-corrected chi connectivity index (χ0v) is 16.3. The maximum absolute atomic E-state index is 14.2. The van der Waals surface area contributed by atoms with E-state index in [1.807, 2.05) is 42.5 Å². The van der Waals surface area contributed by atoms with Crippen LogP contribution in [0.5, 0.6) is 5.75 Å². The van der Waals surface area contributed by atoms with Crippen molar-refractivity contribution in [3.05, 3.63) is 77.1 Å². The van der Waals surface area contributed by atoms with Gasteiger partial charge in [-0.05, 0) is 59.7 Å². The Morgan fingerprint density at radius 3 is 2.67 bits per heavy atom. The molecular weight excluding hydrogens is 383 g/mol. The van der Waals surface area contributed by atoms with Crippen molar-refractivity contribution in [3.63, 3.8) is 0 Å². The number of benzene rings is 3. The average Bonchev–Trinajstić information content (AvgIpc) is 3.39. The van der Waals surface area contributed by atoms with Crippen LogP contribution in [0.4, 0.5) is 10.1 Å². The minimum Gasteiger partial charge on any atom is -0.497 e. The Morgan fingerprint density at radius 2 is 1.87 bits per heavy atom. The van der Waals surface area contributed by atoms with E-state index in [1.54, 1.807) is 7.11 Å². The zero-order valence-electron chi connectivity index (χ0n) is 16.3. The van der Waals surface area contributed by atoms with Gasteiger partial charge in [0.05, 0.1) is 18.2 Å². The molecule has 1 aliphatic heterocycles. The van der Waals surface area contributed by atoms with Crippen molar-refractivity contribution in [1.29, 1.82) is 0 Å². The number of aromatic nitrogens is 2. The lowest BCUT2D eigenvalue weighted by Gasteiger charge is -2.08. The Kier molecular flexibility index (Phi) is 4.44. The largest absolute Gasteiger partial charge is 0.497 e. The summed E-state index contributed by atoms with van der Waals surface area (Å²) in [5, 5.41) is 6.14. The number of fused-ring (bicyclic) bond motifs is 2. The fourth-order valence-electron chi connectivity index (χ4n) is 3.71. The van der Waals surface area contributed by atoms with Crippen molar-refractivity contribution in [2.45, 2.75) is 13.1 Å². The summed E-state index contributed by atoms with van der Waals surface area (Å²) in [6, 6.07) is 15.7. The molecule has 150 valence electrons. The third-order valence-corrected chi connectivity index (χ3v) is 5.25. The van der Waals surface area contributed by atoms with Gasteiger partial charge in [-0.2, -0.15) is 0 Å². The van der Waals surface area contributed by atoms with Crippen LogP contribution in [0.3, 0.4) is 0 Å². The summed E-state index contributed by atoms with van der Waals surface area (Å²) in [5.41, 5.74) is 4.92. The monoisotopic (exact) mass is 402 g/mol. The summed E-state index contributed by atoms with van der Waals surface area (Å²) in [6.07, 6.45) is 0. The predicted octanol–water partition coefficient (Wildman–Crippen LogP) is 4.23. The summed E-state index contributed by atoms with van der Waals surface area (Å²) < 4.78 is 19.4. The van der Waals surface area contributed by atoms with Crippen molar-refractivity contribution in [1.82, 2.24) is 15.3 Å². The van der Waals surface area contributed by atoms with Crippen molar-refractivity contribution < 1.29 is 13.9 Å². The van der Waals surface area contributed by atoms with Crippen molar-refractivity contribution >= 4 is 22.6 Å². The molecule has 2 heterocycles. The number of hydrogen-bond donors (Lipinski definition) is 3. The summed E-state index contributed by atoms with van der Waals surface area (Å²) >= 11 is 0. The number of hydrogen-bond acceptors (Lipinski definition) is 4. The van der Waals surface area contributed by atoms with E-state index < -0.39 is 11.7 Å². The van der Waals surface area contributed by atoms with Crippen LogP contribution in [-0.2, 0) is 13.1 Å². The van der Waals surface area contributed by atoms with E-state index in [9.17, 15) is 9.18 Å². The molecule has 0 radical (unpaired) electrons. The molecule has 0 aliphatic carbocycles. The van der Waals surface area contributed by atoms with Gasteiger partial charge in [0.2, 0.25) is 0 Å². The highest BCUT2D eigenvalue weighted by atomic mass is 19.1. The first-order valence-electron chi connectivity index (χ1n) is 9.58. The van der Waals surface area contributed by atoms with Gasteiger partial charge in [-0.3, -0.25) is 4.79 Å². The number of imidazole rings is 1. The second-order valence-electron chi connectivity index (χ2n) is 7.20. The van der Waals surface area contributed by atoms with Crippen molar-refractivity contribution in [2.75, 3.05) is 12.4 Å². The fourth-order valence-corrected chi connectivity index (χ4v) is 3.71. The number of ether oxygens (including phenoxy) is 1. The lowest BCUT2D eigenvalue weighted by Crippen LogP contribution is -2.13. The van der Waals surface area contributed by atoms with Crippen LogP contribution >= 0.6 is 0 Å². The van der Waals surface area contributed by atoms with Crippen LogP contribution in [0.25, 0.3) is 22.4 Å². The number of halogens is 1. The van der Waals surface area contributed by atoms with Crippen LogP contribution in [0, 0.1) is 5.82 Å². The van der Waals surface area contributed by atoms with E-state index in [0.29, 0.717) is 22.5 Å². The number of amides is 1. The minimum atomic E-state index is -0.504. The molecule has 3 N–H and O–H groups in total. The number of aromatic amines is 1. The molecule has 30 heavy (non-hydrogen) atoms. The summed E-state index contributed by atoms with van der Waals surface area (Å²) in [7, 11) is 1.60. The molecule has 0 fully saturated rings. The van der Waals surface area contributed by atoms with Gasteiger partial charge in [0.15, 0.2) is 0 Å². The van der Waals surface area contributed by atoms with Gasteiger partial charge in [0, 0.05) is 24.3 Å². The molecule has 5 rings (SSSR count). The second-order valence-corrected chi connectivity index (χ2v) is 7.20. The molecule has 0 atom stereocenters. The van der Waals surface area contributed by atoms with E-state index in [-0.39, 0.29) is 5.56 Å². The smallest absolute Gasteiger partial charge is 0.258 e. The van der Waals surface area contributed by atoms with Crippen LogP contribution in [0.2, 0.25) is 0 Å². The molecule has 0 saturated carbocycles. The standard InChI is InChI=1S/C23H19FN4O2/c1-30-18-6-3-13(4-7-18)22-27-20-10-16(24)9-19(21(20)28-22)23(29)26-17-5-2-14-11-25-12-15(14)8-17/h2-10,25H,11-12H2,1H3,(H,26,29)(H,27,28). The molecular formula is C23H19FN4O2. The SMILES string of the molecule is COc1ccc(-c2nc3c(C(=O)Nc4ccc5c(c4)CNC5)cc(F)cc3[nH]2)cc1. The molecule has 1 aliphatic rings. The van der Waals surface area contributed by atoms with Gasteiger partial charge in [-0.1, -0.05) is 6.07 Å². The molecule has 1 amide bonds. The maximum Gasteiger partial charge on any atom is 0.258 e. The van der Waals surface area contributed by atoms with Gasteiger partial charge in [-0.15, -0.1) is 0 Å². The maximum atomic E-state index is 14.2. The number of H-pyrrole nitrogens is 1. The average molecular weight is 402 g/mol. The van der Waals surface area contributed by atoms with E-state index in [2.05, 4.69) is 20.6 Å². The molecule has 0 saturated heterocycles. The normalized spacial score (nSPS) is 12.7. The molecule has 7 heteroatoms. The topological polar surface area (TPSA) is 79.0 Å². The minimum absolute atomic E-state index is 0.180. The number of nitrogens with zero attached hydrogens (tertiary/aromatic N) is 1. The Labute approximate surface area is 172 Å². The van der Waals surface area contributed by atoms with Crippen LogP contribution in [0.1, 0.15) is 21.5 Å². The first-order valence-corrected chi connectivity index (χ1v) is 9.58. The molecule has 0 bridgehead atoms. The van der Waals surface area contributed by atoms with Gasteiger partial charge < -0.3 is 20.4 Å². The predicted molar refractivity (Wildman–Crippen MR) is 113 cm³/mol. The quantitative estimate of drug-likeness (QED) is 0.477. The van der Waals surface area contributed by atoms with Crippen LogP contribution in [-0.4, -0.2) is 23.0 Å². The highest BCUT2D eigenvalue weighted by Gasteiger charge is 2.18. The third kappa shape index (κ3) is 3.29. The van der Waals surface area contributed by atoms with Gasteiger partial charge in [0.25, 0.3) is 5.91 Å². The number of rotatable bonds is 4. The number of methoxy groups -OCH3 is 1. The Morgan fingerprint density at radius 1 is 1.07 bits per heavy atom. The summed E-state index contributed by atoms with van der Waals surface area (Å²) in [5.74, 6) is 0.371. The lowest BCUT2D eigenvalue weighted by atomic mass is 10.1. The molecule has 0 spiro atoms. The molecule has 3 aromatic carbocycles. The molecule has 4 aromatic rings. The van der Waals surface area contributed by atoms with Crippen LogP contribution in [0.15, 0.2) is 54.6 Å². The summed E-state index contributed by atoms with van der Waals surface area (Å²) in [6.45, 7) is 1.60. The number of anilines is 1. The van der Waals surface area contributed by atoms with E-state index in [4.69, 9.17) is 4.74 Å². The lowest BCUT2D eigenvalue weighted by molar-refractivity contribution is 0.102. The first-order chi connectivity index (χ1) is 14.6. The van der Waals surface area contributed by atoms with E-state index in [1.165, 1.54) is 17.7 Å². The Bertz CT molecular complexity index is 1260. The second kappa shape index (κ2) is 7.27. The number of carbonyl (C=O) groups excluding carboxylic acids is 1. The highest BCUT2D eigenvalue weighted by Crippen LogP contribution is 2.27. The van der Waals surface area contributed by atoms with Crippen molar-refractivity contribution in [3.8, 4) is 17.1 Å². The van der Waals surface area contributed by atoms with E-state index in [0.717, 1.165) is 30.0 Å². The number of carbonyl (C=O) groups is 1. The van der Waals surface area contributed by atoms with Crippen molar-refractivity contribution in [2.24, 2.45) is 0 Å². The molecule has 1 aromatic heterocycles. The van der Waals surface area contributed by atoms with E-state index >= 15 is 0 Å². The number of nitrogens with one attached hydrogen (secondary N) is 3. The molecule has 0 unspecified atom stereocenters. The van der Waals surface area contributed by atoms with Gasteiger partial charge in [-0.25, -0.2) is 9.37 Å².